The van der Waals surface area contributed by atoms with Gasteiger partial charge < -0.3 is 26.3 Å². The number of benzene rings is 2. The first-order chi connectivity index (χ1) is 10.3. The molecule has 2 aromatic carbocycles. The number of thiazole rings is 1. The predicted octanol–water partition coefficient (Wildman–Crippen LogP) is 0.999. The summed E-state index contributed by atoms with van der Waals surface area (Å²) in [5.41, 5.74) is 3.28. The minimum absolute atomic E-state index is 0. The van der Waals surface area contributed by atoms with Crippen molar-refractivity contribution < 1.29 is 21.7 Å². The average molecular weight is 376 g/mol. The molecule has 114 valence electrons. The van der Waals surface area contributed by atoms with Crippen molar-refractivity contribution in [2.45, 2.75) is 0 Å². The van der Waals surface area contributed by atoms with Gasteiger partial charge in [-0.05, 0) is 42.0 Å². The molecule has 0 spiro atoms. The maximum absolute atomic E-state index is 5.20. The Bertz CT molecular complexity index is 792. The quantitative estimate of drug-likeness (QED) is 0.670. The number of hydrogen-bond donors (Lipinski definition) is 0. The maximum atomic E-state index is 5.20. The molecule has 0 unspecified atom stereocenters. The second-order valence-corrected chi connectivity index (χ2v) is 5.47. The van der Waals surface area contributed by atoms with E-state index in [-0.39, 0.29) is 17.0 Å². The summed E-state index contributed by atoms with van der Waals surface area (Å²) in [7, 11) is 3.72. The molecule has 3 aromatic rings. The lowest BCUT2D eigenvalue weighted by molar-refractivity contribution is -0.00000453. The molecule has 3 nitrogen and oxygen atoms in total. The number of ether oxygens (including phenoxy) is 1. The highest BCUT2D eigenvalue weighted by Gasteiger charge is 2.05. The highest BCUT2D eigenvalue weighted by molar-refractivity contribution is 7.07. The third-order valence-corrected chi connectivity index (χ3v) is 4.21. The van der Waals surface area contributed by atoms with Gasteiger partial charge in [-0.2, -0.15) is 0 Å². The monoisotopic (exact) mass is 375 g/mol. The number of nitrogens with zero attached hydrogens (tertiary/aromatic N) is 2. The summed E-state index contributed by atoms with van der Waals surface area (Å²) in [4.78, 5) is 5.66. The van der Waals surface area contributed by atoms with Crippen LogP contribution in [0, 0.1) is 0 Å². The van der Waals surface area contributed by atoms with Crippen molar-refractivity contribution in [3.63, 3.8) is 0 Å². The van der Waals surface area contributed by atoms with Gasteiger partial charge in [-0.1, -0.05) is 18.2 Å². The van der Waals surface area contributed by atoms with Crippen LogP contribution in [0.2, 0.25) is 0 Å². The van der Waals surface area contributed by atoms with Crippen LogP contribution in [0.4, 0.5) is 5.69 Å². The van der Waals surface area contributed by atoms with E-state index in [9.17, 15) is 0 Å². The van der Waals surface area contributed by atoms with E-state index < -0.39 is 0 Å². The van der Waals surface area contributed by atoms with Crippen LogP contribution in [0.1, 0.15) is 0 Å². The van der Waals surface area contributed by atoms with Crippen molar-refractivity contribution in [3.05, 3.63) is 64.8 Å². The Morgan fingerprint density at radius 1 is 1.00 bits per heavy atom. The third kappa shape index (κ3) is 3.48. The zero-order chi connectivity index (χ0) is 14.7. The smallest absolute Gasteiger partial charge is 0.190 e. The van der Waals surface area contributed by atoms with Gasteiger partial charge in [0.15, 0.2) is 4.80 Å². The van der Waals surface area contributed by atoms with Crippen molar-refractivity contribution in [3.8, 4) is 17.0 Å². The number of methoxy groups -OCH3 is 1. The second-order valence-electron chi connectivity index (χ2n) is 4.64. The van der Waals surface area contributed by atoms with E-state index in [4.69, 9.17) is 4.74 Å². The Balaban J connectivity index is 0.00000176. The topological polar surface area (TPSA) is 26.5 Å². The molecule has 0 N–H and O–H groups in total. The summed E-state index contributed by atoms with van der Waals surface area (Å²) in [5.74, 6) is 0.867. The summed E-state index contributed by atoms with van der Waals surface area (Å²) < 4.78 is 7.31. The molecule has 1 heterocycles. The first-order valence-corrected chi connectivity index (χ1v) is 7.54. The summed E-state index contributed by atoms with van der Waals surface area (Å²) >= 11 is 1.64. The normalized spacial score (nSPS) is 11.1. The minimum Gasteiger partial charge on any atom is -1.00 e. The van der Waals surface area contributed by atoms with Crippen LogP contribution >= 0.6 is 11.3 Å². The van der Waals surface area contributed by atoms with Gasteiger partial charge in [0.25, 0.3) is 0 Å². The van der Waals surface area contributed by atoms with E-state index in [2.05, 4.69) is 27.1 Å². The van der Waals surface area contributed by atoms with E-state index in [1.165, 1.54) is 0 Å². The molecule has 0 aliphatic carbocycles. The summed E-state index contributed by atoms with van der Waals surface area (Å²) in [6, 6.07) is 18.1. The molecule has 0 radical (unpaired) electrons. The Hall–Kier alpha value is -1.85. The third-order valence-electron chi connectivity index (χ3n) is 3.29. The molecule has 5 heteroatoms. The van der Waals surface area contributed by atoms with Crippen LogP contribution in [0.15, 0.2) is 65.0 Å². The lowest BCUT2D eigenvalue weighted by Crippen LogP contribution is -3.00. The van der Waals surface area contributed by atoms with Crippen molar-refractivity contribution in [2.24, 2.45) is 12.0 Å². The Morgan fingerprint density at radius 2 is 1.68 bits per heavy atom. The van der Waals surface area contributed by atoms with E-state index in [1.54, 1.807) is 18.4 Å². The Morgan fingerprint density at radius 3 is 2.32 bits per heavy atom. The Kier molecular flexibility index (Phi) is 5.57. The molecule has 0 saturated carbocycles. The standard InChI is InChI=1S/C17H16N2OS.BrH/c1-19-16(13-8-10-15(20-2)11-9-13)12-21-17(19)18-14-6-4-3-5-7-14;/h3-12H,1-2H3;1H/p-1. The summed E-state index contributed by atoms with van der Waals surface area (Å²) in [6.45, 7) is 0. The molecule has 0 saturated heterocycles. The number of rotatable bonds is 3. The molecular weight excluding hydrogens is 360 g/mol. The zero-order valence-electron chi connectivity index (χ0n) is 12.4. The van der Waals surface area contributed by atoms with Gasteiger partial charge in [0.1, 0.15) is 5.75 Å². The van der Waals surface area contributed by atoms with Gasteiger partial charge in [0, 0.05) is 12.4 Å². The van der Waals surface area contributed by atoms with Crippen LogP contribution < -0.4 is 26.5 Å². The van der Waals surface area contributed by atoms with Gasteiger partial charge in [-0.3, -0.25) is 0 Å². The van der Waals surface area contributed by atoms with Crippen LogP contribution in [0.5, 0.6) is 5.75 Å². The first kappa shape index (κ1) is 16.5. The van der Waals surface area contributed by atoms with Gasteiger partial charge in [-0.25, -0.2) is 4.99 Å². The van der Waals surface area contributed by atoms with Crippen LogP contribution in [0.3, 0.4) is 0 Å². The molecule has 0 fully saturated rings. The largest absolute Gasteiger partial charge is 1.00 e. The van der Waals surface area contributed by atoms with Gasteiger partial charge in [0.05, 0.1) is 18.5 Å². The number of aromatic nitrogens is 1. The van der Waals surface area contributed by atoms with E-state index in [1.807, 2.05) is 49.5 Å². The molecular formula is C17H16BrN2OS-. The van der Waals surface area contributed by atoms with Crippen molar-refractivity contribution in [1.82, 2.24) is 4.57 Å². The van der Waals surface area contributed by atoms with Gasteiger partial charge in [-0.15, -0.1) is 11.3 Å². The molecule has 3 rings (SSSR count). The molecule has 22 heavy (non-hydrogen) atoms. The van der Waals surface area contributed by atoms with Gasteiger partial charge in [0.2, 0.25) is 0 Å². The van der Waals surface area contributed by atoms with Crippen molar-refractivity contribution >= 4 is 17.0 Å². The fraction of sp³-hybridized carbons (Fsp3) is 0.118. The lowest BCUT2D eigenvalue weighted by Gasteiger charge is -2.04. The number of halogens is 1. The van der Waals surface area contributed by atoms with Crippen molar-refractivity contribution in [1.29, 1.82) is 0 Å². The van der Waals surface area contributed by atoms with Crippen molar-refractivity contribution in [2.75, 3.05) is 7.11 Å². The SMILES string of the molecule is COc1ccc(-c2csc(=Nc3ccccc3)n2C)cc1.[Br-]. The fourth-order valence-corrected chi connectivity index (χ4v) is 3.03. The molecule has 0 aliphatic heterocycles. The van der Waals surface area contributed by atoms with Crippen LogP contribution in [-0.2, 0) is 7.05 Å². The summed E-state index contributed by atoms with van der Waals surface area (Å²) in [5, 5.41) is 2.13. The second kappa shape index (κ2) is 7.42. The van der Waals surface area contributed by atoms with E-state index in [0.717, 1.165) is 27.5 Å². The minimum atomic E-state index is 0. The van der Waals surface area contributed by atoms with E-state index >= 15 is 0 Å². The highest BCUT2D eigenvalue weighted by atomic mass is 79.9. The molecule has 0 atom stereocenters. The van der Waals surface area contributed by atoms with Gasteiger partial charge >= 0.3 is 0 Å². The lowest BCUT2D eigenvalue weighted by atomic mass is 10.1. The first-order valence-electron chi connectivity index (χ1n) is 6.66. The Labute approximate surface area is 144 Å². The number of hydrogen-bond acceptors (Lipinski definition) is 3. The molecule has 0 aliphatic rings. The maximum Gasteiger partial charge on any atom is 0.190 e. The van der Waals surface area contributed by atoms with Crippen LogP contribution in [0.25, 0.3) is 11.3 Å². The molecule has 0 bridgehead atoms. The summed E-state index contributed by atoms with van der Waals surface area (Å²) in [6.07, 6.45) is 0. The number of para-hydroxylation sites is 1. The molecule has 1 aromatic heterocycles. The predicted molar refractivity (Wildman–Crippen MR) is 86.9 cm³/mol. The average Bonchev–Trinajstić information content (AvgIpc) is 2.89. The van der Waals surface area contributed by atoms with Crippen LogP contribution in [-0.4, -0.2) is 11.7 Å². The van der Waals surface area contributed by atoms with E-state index in [0.29, 0.717) is 0 Å². The zero-order valence-corrected chi connectivity index (χ0v) is 14.8. The highest BCUT2D eigenvalue weighted by Crippen LogP contribution is 2.22. The fourth-order valence-electron chi connectivity index (χ4n) is 2.11. The molecule has 0 amide bonds.